The van der Waals surface area contributed by atoms with Crippen LogP contribution in [0.15, 0.2) is 0 Å². The van der Waals surface area contributed by atoms with Crippen LogP contribution in [0.5, 0.6) is 0 Å². The van der Waals surface area contributed by atoms with E-state index in [1.54, 1.807) is 0 Å². The van der Waals surface area contributed by atoms with E-state index in [1.807, 2.05) is 6.92 Å². The van der Waals surface area contributed by atoms with Gasteiger partial charge >= 0.3 is 0 Å². The Balaban J connectivity index is 3.11. The molecule has 0 aliphatic rings. The Hall–Kier alpha value is 0.610. The van der Waals surface area contributed by atoms with E-state index in [0.29, 0.717) is 6.54 Å². The summed E-state index contributed by atoms with van der Waals surface area (Å²) >= 11 is 2.11. The molecule has 4 heteroatoms. The van der Waals surface area contributed by atoms with Crippen LogP contribution in [0.4, 0.5) is 0 Å². The summed E-state index contributed by atoms with van der Waals surface area (Å²) in [7, 11) is 0. The van der Waals surface area contributed by atoms with E-state index in [1.165, 1.54) is 0 Å². The van der Waals surface area contributed by atoms with E-state index < -0.39 is 0 Å². The molecule has 0 aromatic rings. The monoisotopic (exact) mass is 229 g/mol. The summed E-state index contributed by atoms with van der Waals surface area (Å²) in [6, 6.07) is 0. The van der Waals surface area contributed by atoms with Gasteiger partial charge in [-0.25, -0.2) is 0 Å². The highest BCUT2D eigenvalue weighted by Gasteiger charge is 2.08. The van der Waals surface area contributed by atoms with Crippen LogP contribution < -0.4 is 16.8 Å². The van der Waals surface area contributed by atoms with Crippen LogP contribution in [0.25, 0.3) is 0 Å². The van der Waals surface area contributed by atoms with Gasteiger partial charge in [0.2, 0.25) is 0 Å². The van der Waals surface area contributed by atoms with Crippen molar-refractivity contribution in [3.8, 4) is 0 Å². The van der Waals surface area contributed by atoms with Crippen molar-refractivity contribution in [1.29, 1.82) is 0 Å². The smallest absolute Gasteiger partial charge is 0.117 e. The Labute approximate surface area is 63.3 Å². The Bertz CT molecular complexity index is 58.8. The molecular formula is C4H12IN3. The molecule has 0 aromatic heterocycles. The first kappa shape index (κ1) is 8.61. The van der Waals surface area contributed by atoms with Gasteiger partial charge in [0.05, 0.1) is 0 Å². The summed E-state index contributed by atoms with van der Waals surface area (Å²) in [5.41, 5.74) is 10.8. The van der Waals surface area contributed by atoms with Crippen molar-refractivity contribution in [2.24, 2.45) is 11.5 Å². The Morgan fingerprint density at radius 2 is 2.25 bits per heavy atom. The number of nitrogens with two attached hydrogens (primary N) is 2. The summed E-state index contributed by atoms with van der Waals surface area (Å²) in [4.78, 5) is 0. The lowest BCUT2D eigenvalue weighted by molar-refractivity contribution is 0.552. The highest BCUT2D eigenvalue weighted by atomic mass is 127. The van der Waals surface area contributed by atoms with Crippen LogP contribution in [0, 0.1) is 0 Å². The second kappa shape index (κ2) is 3.60. The molecule has 0 aliphatic carbocycles. The average Bonchev–Trinajstić information content (AvgIpc) is 1.59. The number of nitrogens with one attached hydrogen (secondary N) is 1. The summed E-state index contributed by atoms with van der Waals surface area (Å²) < 4.78 is -0.308. The van der Waals surface area contributed by atoms with Crippen LogP contribution in [0.3, 0.4) is 0 Å². The molecule has 0 spiro atoms. The molecule has 0 aliphatic heterocycles. The average molecular weight is 229 g/mol. The summed E-state index contributed by atoms with van der Waals surface area (Å²) in [6.45, 7) is 3.30. The molecule has 8 heavy (non-hydrogen) atoms. The van der Waals surface area contributed by atoms with Gasteiger partial charge < -0.3 is 11.5 Å². The summed E-state index contributed by atoms with van der Waals surface area (Å²) in [5.74, 6) is 0. The number of hydrogen-bond acceptors (Lipinski definition) is 3. The summed E-state index contributed by atoms with van der Waals surface area (Å²) in [5, 5.41) is 3.01. The van der Waals surface area contributed by atoms with Gasteiger partial charge in [0.1, 0.15) is 3.67 Å². The quantitative estimate of drug-likeness (QED) is 0.267. The molecular weight excluding hydrogens is 217 g/mol. The molecule has 0 radical (unpaired) electrons. The maximum Gasteiger partial charge on any atom is 0.117 e. The van der Waals surface area contributed by atoms with Gasteiger partial charge in [-0.05, 0) is 29.5 Å². The maximum atomic E-state index is 5.54. The highest BCUT2D eigenvalue weighted by molar-refractivity contribution is 14.1. The van der Waals surface area contributed by atoms with Crippen molar-refractivity contribution in [1.82, 2.24) is 5.32 Å². The van der Waals surface area contributed by atoms with Gasteiger partial charge in [0.25, 0.3) is 0 Å². The second-order valence-electron chi connectivity index (χ2n) is 1.79. The minimum absolute atomic E-state index is 0.308. The van der Waals surface area contributed by atoms with E-state index in [2.05, 4.69) is 27.9 Å². The lowest BCUT2D eigenvalue weighted by atomic mass is 10.5. The molecule has 0 rings (SSSR count). The molecule has 5 N–H and O–H groups in total. The lowest BCUT2D eigenvalue weighted by Crippen LogP contribution is -2.46. The predicted molar refractivity (Wildman–Crippen MR) is 43.7 cm³/mol. The lowest BCUT2D eigenvalue weighted by Gasteiger charge is -2.17. The van der Waals surface area contributed by atoms with Crippen LogP contribution in [0.2, 0.25) is 0 Å². The van der Waals surface area contributed by atoms with Gasteiger partial charge in [0, 0.05) is 13.1 Å². The van der Waals surface area contributed by atoms with Crippen molar-refractivity contribution in [2.45, 2.75) is 10.6 Å². The fraction of sp³-hybridized carbons (Fsp3) is 1.00. The molecule has 0 fully saturated rings. The normalized spacial score (nSPS) is 18.0. The molecule has 0 saturated heterocycles. The fourth-order valence-corrected chi connectivity index (χ4v) is 0.586. The van der Waals surface area contributed by atoms with Gasteiger partial charge in [-0.2, -0.15) is 0 Å². The van der Waals surface area contributed by atoms with Gasteiger partial charge in [-0.3, -0.25) is 5.32 Å². The molecule has 1 atom stereocenters. The fourth-order valence-electron chi connectivity index (χ4n) is 0.317. The first-order chi connectivity index (χ1) is 3.56. The molecule has 0 bridgehead atoms. The second-order valence-corrected chi connectivity index (χ2v) is 4.03. The highest BCUT2D eigenvalue weighted by Crippen LogP contribution is 2.02. The van der Waals surface area contributed by atoms with Crippen molar-refractivity contribution >= 4 is 22.6 Å². The molecule has 0 amide bonds. The molecule has 3 nitrogen and oxygen atoms in total. The minimum Gasteiger partial charge on any atom is -0.329 e. The molecule has 50 valence electrons. The number of rotatable bonds is 3. The zero-order valence-corrected chi connectivity index (χ0v) is 7.10. The van der Waals surface area contributed by atoms with Gasteiger partial charge in [-0.1, -0.05) is 0 Å². The maximum absolute atomic E-state index is 5.54. The minimum atomic E-state index is -0.308. The predicted octanol–water partition coefficient (Wildman–Crippen LogP) is -0.398. The largest absolute Gasteiger partial charge is 0.329 e. The van der Waals surface area contributed by atoms with Crippen molar-refractivity contribution < 1.29 is 0 Å². The van der Waals surface area contributed by atoms with Gasteiger partial charge in [0.15, 0.2) is 0 Å². The van der Waals surface area contributed by atoms with Crippen LogP contribution in [-0.2, 0) is 0 Å². The van der Waals surface area contributed by atoms with Crippen LogP contribution >= 0.6 is 22.6 Å². The number of halogens is 1. The SMILES string of the molecule is CC(N)(I)NCCN. The third-order valence-corrected chi connectivity index (χ3v) is 0.996. The molecule has 0 saturated carbocycles. The zero-order chi connectivity index (χ0) is 6.62. The van der Waals surface area contributed by atoms with E-state index >= 15 is 0 Å². The Morgan fingerprint density at radius 1 is 1.75 bits per heavy atom. The van der Waals surface area contributed by atoms with Gasteiger partial charge in [-0.15, -0.1) is 0 Å². The van der Waals surface area contributed by atoms with Crippen molar-refractivity contribution in [3.63, 3.8) is 0 Å². The van der Waals surface area contributed by atoms with Crippen molar-refractivity contribution in [2.75, 3.05) is 13.1 Å². The zero-order valence-electron chi connectivity index (χ0n) is 4.95. The summed E-state index contributed by atoms with van der Waals surface area (Å²) in [6.07, 6.45) is 0. The van der Waals surface area contributed by atoms with E-state index in [9.17, 15) is 0 Å². The number of hydrogen-bond donors (Lipinski definition) is 3. The molecule has 0 aromatic carbocycles. The van der Waals surface area contributed by atoms with E-state index in [0.717, 1.165) is 6.54 Å². The Kier molecular flexibility index (Phi) is 3.87. The first-order valence-electron chi connectivity index (χ1n) is 2.49. The first-order valence-corrected chi connectivity index (χ1v) is 3.57. The van der Waals surface area contributed by atoms with Crippen molar-refractivity contribution in [3.05, 3.63) is 0 Å². The Morgan fingerprint density at radius 3 is 2.38 bits per heavy atom. The number of alkyl halides is 1. The topological polar surface area (TPSA) is 64.1 Å². The molecule has 0 heterocycles. The molecule has 1 unspecified atom stereocenters. The third-order valence-electron chi connectivity index (χ3n) is 0.615. The third kappa shape index (κ3) is 6.61. The van der Waals surface area contributed by atoms with Crippen LogP contribution in [-0.4, -0.2) is 16.8 Å². The standard InChI is InChI=1S/C4H12IN3/c1-4(5,7)8-3-2-6/h8H,2-3,6-7H2,1H3. The van der Waals surface area contributed by atoms with E-state index in [4.69, 9.17) is 11.5 Å². The van der Waals surface area contributed by atoms with E-state index in [-0.39, 0.29) is 3.67 Å². The van der Waals surface area contributed by atoms with Crippen LogP contribution in [0.1, 0.15) is 6.92 Å².